The molecule has 1 N–H and O–H groups in total. The Balaban J connectivity index is 1.99. The Bertz CT molecular complexity index is 594. The Labute approximate surface area is 118 Å². The lowest BCUT2D eigenvalue weighted by molar-refractivity contribution is -0.115. The molecule has 4 heteroatoms. The van der Waals surface area contributed by atoms with Crippen LogP contribution in [0.2, 0.25) is 0 Å². The molecular formula is C16H17FN2O. The second-order valence-electron chi connectivity index (χ2n) is 4.76. The second-order valence-corrected chi connectivity index (χ2v) is 4.76. The molecular weight excluding hydrogens is 255 g/mol. The summed E-state index contributed by atoms with van der Waals surface area (Å²) in [7, 11) is 3.90. The van der Waals surface area contributed by atoms with Crippen molar-refractivity contribution in [3.8, 4) is 0 Å². The highest BCUT2D eigenvalue weighted by Crippen LogP contribution is 2.16. The summed E-state index contributed by atoms with van der Waals surface area (Å²) in [4.78, 5) is 13.8. The van der Waals surface area contributed by atoms with Crippen LogP contribution in [0.3, 0.4) is 0 Å². The fraction of sp³-hybridized carbons (Fsp3) is 0.188. The molecule has 0 radical (unpaired) electrons. The van der Waals surface area contributed by atoms with E-state index in [0.29, 0.717) is 11.3 Å². The van der Waals surface area contributed by atoms with Gasteiger partial charge >= 0.3 is 0 Å². The van der Waals surface area contributed by atoms with Gasteiger partial charge in [-0.2, -0.15) is 0 Å². The average Bonchev–Trinajstić information content (AvgIpc) is 2.42. The minimum atomic E-state index is -0.356. The first-order valence-corrected chi connectivity index (χ1v) is 6.37. The molecule has 1 amide bonds. The lowest BCUT2D eigenvalue weighted by Crippen LogP contribution is -2.15. The summed E-state index contributed by atoms with van der Waals surface area (Å²) in [5.41, 5.74) is 2.16. The lowest BCUT2D eigenvalue weighted by atomic mass is 10.1. The van der Waals surface area contributed by atoms with E-state index in [-0.39, 0.29) is 18.1 Å². The molecule has 0 atom stereocenters. The van der Waals surface area contributed by atoms with Crippen LogP contribution >= 0.6 is 0 Å². The van der Waals surface area contributed by atoms with Gasteiger partial charge in [-0.15, -0.1) is 0 Å². The summed E-state index contributed by atoms with van der Waals surface area (Å²) in [6, 6.07) is 13.8. The first-order chi connectivity index (χ1) is 9.56. The first kappa shape index (κ1) is 14.1. The van der Waals surface area contributed by atoms with E-state index in [2.05, 4.69) is 5.32 Å². The van der Waals surface area contributed by atoms with Gasteiger partial charge in [0.15, 0.2) is 0 Å². The zero-order chi connectivity index (χ0) is 14.5. The van der Waals surface area contributed by atoms with E-state index >= 15 is 0 Å². The molecule has 0 aliphatic heterocycles. The summed E-state index contributed by atoms with van der Waals surface area (Å²) < 4.78 is 13.4. The van der Waals surface area contributed by atoms with Crippen LogP contribution in [-0.2, 0) is 11.2 Å². The third-order valence-corrected chi connectivity index (χ3v) is 2.98. The topological polar surface area (TPSA) is 32.3 Å². The van der Waals surface area contributed by atoms with Gasteiger partial charge < -0.3 is 10.2 Å². The maximum Gasteiger partial charge on any atom is 0.228 e. The van der Waals surface area contributed by atoms with Crippen molar-refractivity contribution in [3.63, 3.8) is 0 Å². The van der Waals surface area contributed by atoms with E-state index in [9.17, 15) is 9.18 Å². The molecule has 0 saturated heterocycles. The second kappa shape index (κ2) is 6.19. The zero-order valence-corrected chi connectivity index (χ0v) is 11.6. The quantitative estimate of drug-likeness (QED) is 0.927. The van der Waals surface area contributed by atoms with Crippen LogP contribution in [0, 0.1) is 5.82 Å². The van der Waals surface area contributed by atoms with Crippen molar-refractivity contribution in [2.24, 2.45) is 0 Å². The average molecular weight is 272 g/mol. The van der Waals surface area contributed by atoms with Crippen LogP contribution in [0.5, 0.6) is 0 Å². The van der Waals surface area contributed by atoms with Crippen molar-refractivity contribution < 1.29 is 9.18 Å². The van der Waals surface area contributed by atoms with Crippen molar-refractivity contribution in [2.75, 3.05) is 24.3 Å². The number of nitrogens with one attached hydrogen (secondary N) is 1. The van der Waals surface area contributed by atoms with Crippen LogP contribution in [0.25, 0.3) is 0 Å². The molecule has 0 aromatic heterocycles. The normalized spacial score (nSPS) is 10.2. The number of hydrogen-bond acceptors (Lipinski definition) is 2. The van der Waals surface area contributed by atoms with Crippen LogP contribution in [-0.4, -0.2) is 20.0 Å². The molecule has 104 valence electrons. The summed E-state index contributed by atoms with van der Waals surface area (Å²) in [5, 5.41) is 2.76. The predicted molar refractivity (Wildman–Crippen MR) is 79.5 cm³/mol. The molecule has 0 aliphatic carbocycles. The van der Waals surface area contributed by atoms with E-state index in [1.54, 1.807) is 18.2 Å². The summed E-state index contributed by atoms with van der Waals surface area (Å²) >= 11 is 0. The Morgan fingerprint density at radius 1 is 1.10 bits per heavy atom. The van der Waals surface area contributed by atoms with Gasteiger partial charge in [0.1, 0.15) is 5.82 Å². The third-order valence-electron chi connectivity index (χ3n) is 2.98. The van der Waals surface area contributed by atoms with Crippen LogP contribution in [0.15, 0.2) is 48.5 Å². The monoisotopic (exact) mass is 272 g/mol. The highest BCUT2D eigenvalue weighted by molar-refractivity contribution is 5.92. The number of carbonyl (C=O) groups is 1. The highest BCUT2D eigenvalue weighted by atomic mass is 19.1. The molecule has 0 unspecified atom stereocenters. The van der Waals surface area contributed by atoms with E-state index in [4.69, 9.17) is 0 Å². The number of amides is 1. The molecule has 0 bridgehead atoms. The number of nitrogens with zero attached hydrogens (tertiary/aromatic N) is 1. The van der Waals surface area contributed by atoms with E-state index in [0.717, 1.165) is 5.69 Å². The van der Waals surface area contributed by atoms with Gasteiger partial charge in [-0.1, -0.05) is 18.2 Å². The van der Waals surface area contributed by atoms with Gasteiger partial charge in [0.05, 0.1) is 6.42 Å². The van der Waals surface area contributed by atoms with Gasteiger partial charge in [-0.25, -0.2) is 4.39 Å². The van der Waals surface area contributed by atoms with Crippen molar-refractivity contribution in [1.29, 1.82) is 0 Å². The molecule has 20 heavy (non-hydrogen) atoms. The van der Waals surface area contributed by atoms with E-state index in [1.807, 2.05) is 43.3 Å². The van der Waals surface area contributed by atoms with Gasteiger partial charge in [0, 0.05) is 25.5 Å². The van der Waals surface area contributed by atoms with Crippen molar-refractivity contribution in [3.05, 3.63) is 59.9 Å². The van der Waals surface area contributed by atoms with Gasteiger partial charge in [-0.3, -0.25) is 4.79 Å². The van der Waals surface area contributed by atoms with Gasteiger partial charge in [-0.05, 0) is 35.9 Å². The Morgan fingerprint density at radius 3 is 2.35 bits per heavy atom. The number of hydrogen-bond donors (Lipinski definition) is 1. The number of rotatable bonds is 4. The maximum atomic E-state index is 13.4. The summed E-state index contributed by atoms with van der Waals surface area (Å²) in [6.45, 7) is 0. The van der Waals surface area contributed by atoms with E-state index < -0.39 is 0 Å². The highest BCUT2D eigenvalue weighted by Gasteiger charge is 2.08. The fourth-order valence-corrected chi connectivity index (χ4v) is 1.86. The molecule has 0 fully saturated rings. The van der Waals surface area contributed by atoms with Crippen LogP contribution < -0.4 is 10.2 Å². The molecule has 2 aromatic rings. The van der Waals surface area contributed by atoms with E-state index in [1.165, 1.54) is 6.07 Å². The smallest absolute Gasteiger partial charge is 0.228 e. The Kier molecular flexibility index (Phi) is 4.35. The lowest BCUT2D eigenvalue weighted by Gasteiger charge is -2.13. The fourth-order valence-electron chi connectivity index (χ4n) is 1.86. The third kappa shape index (κ3) is 3.57. The first-order valence-electron chi connectivity index (χ1n) is 6.37. The number of carbonyl (C=O) groups excluding carboxylic acids is 1. The van der Waals surface area contributed by atoms with Crippen molar-refractivity contribution in [2.45, 2.75) is 6.42 Å². The number of halogens is 1. The van der Waals surface area contributed by atoms with Crippen molar-refractivity contribution in [1.82, 2.24) is 0 Å². The summed E-state index contributed by atoms with van der Waals surface area (Å²) in [5.74, 6) is -0.585. The Morgan fingerprint density at radius 2 is 1.75 bits per heavy atom. The van der Waals surface area contributed by atoms with Crippen LogP contribution in [0.1, 0.15) is 5.56 Å². The molecule has 0 heterocycles. The number of benzene rings is 2. The maximum absolute atomic E-state index is 13.4. The Hall–Kier alpha value is -2.36. The largest absolute Gasteiger partial charge is 0.378 e. The minimum absolute atomic E-state index is 0.0299. The minimum Gasteiger partial charge on any atom is -0.378 e. The standard InChI is InChI=1S/C16H17FN2O/c1-19(2)14-9-7-13(8-10-14)18-16(20)11-12-5-3-4-6-15(12)17/h3-10H,11H2,1-2H3,(H,18,20). The molecule has 2 aromatic carbocycles. The molecule has 2 rings (SSSR count). The van der Waals surface area contributed by atoms with Gasteiger partial charge in [0.25, 0.3) is 0 Å². The number of anilines is 2. The SMILES string of the molecule is CN(C)c1ccc(NC(=O)Cc2ccccc2F)cc1. The molecule has 3 nitrogen and oxygen atoms in total. The summed E-state index contributed by atoms with van der Waals surface area (Å²) in [6.07, 6.45) is 0.0299. The molecule has 0 spiro atoms. The van der Waals surface area contributed by atoms with Gasteiger partial charge in [0.2, 0.25) is 5.91 Å². The predicted octanol–water partition coefficient (Wildman–Crippen LogP) is 3.07. The van der Waals surface area contributed by atoms with Crippen molar-refractivity contribution >= 4 is 17.3 Å². The molecule has 0 aliphatic rings. The zero-order valence-electron chi connectivity index (χ0n) is 11.6. The molecule has 0 saturated carbocycles. The van der Waals surface area contributed by atoms with Crippen LogP contribution in [0.4, 0.5) is 15.8 Å².